The van der Waals surface area contributed by atoms with Crippen LogP contribution in [0.4, 0.5) is 11.4 Å². The molecule has 0 atom stereocenters. The number of hydrogen-bond donors (Lipinski definition) is 2. The molecule has 6 nitrogen and oxygen atoms in total. The first kappa shape index (κ1) is 18.2. The fourth-order valence-electron chi connectivity index (χ4n) is 2.18. The zero-order chi connectivity index (χ0) is 18.4. The van der Waals surface area contributed by atoms with Gasteiger partial charge in [0.2, 0.25) is 5.91 Å². The number of nitrogens with one attached hydrogen (secondary N) is 2. The van der Waals surface area contributed by atoms with Crippen LogP contribution in [0.3, 0.4) is 0 Å². The first-order valence-electron chi connectivity index (χ1n) is 7.84. The monoisotopic (exact) mass is 340 g/mol. The summed E-state index contributed by atoms with van der Waals surface area (Å²) in [6.45, 7) is 3.64. The van der Waals surface area contributed by atoms with E-state index in [0.29, 0.717) is 28.9 Å². The van der Waals surface area contributed by atoms with E-state index in [0.717, 1.165) is 5.56 Å². The Hall–Kier alpha value is -3.15. The molecule has 2 rings (SSSR count). The molecule has 0 aliphatic heterocycles. The van der Waals surface area contributed by atoms with Crippen LogP contribution in [0.5, 0.6) is 0 Å². The van der Waals surface area contributed by atoms with Gasteiger partial charge in [-0.25, -0.2) is 4.79 Å². The van der Waals surface area contributed by atoms with E-state index >= 15 is 0 Å². The molecule has 0 aromatic heterocycles. The Bertz CT molecular complexity index is 815. The first-order chi connectivity index (χ1) is 11.9. The molecule has 0 unspecified atom stereocenters. The summed E-state index contributed by atoms with van der Waals surface area (Å²) in [7, 11) is 1.29. The molecule has 0 aliphatic rings. The highest BCUT2D eigenvalue weighted by molar-refractivity contribution is 6.06. The molecule has 2 aromatic rings. The van der Waals surface area contributed by atoms with Crippen LogP contribution in [0.25, 0.3) is 0 Å². The lowest BCUT2D eigenvalue weighted by molar-refractivity contribution is -0.115. The van der Waals surface area contributed by atoms with Crippen molar-refractivity contribution in [2.75, 3.05) is 17.7 Å². The number of methoxy groups -OCH3 is 1. The summed E-state index contributed by atoms with van der Waals surface area (Å²) in [5.74, 6) is -0.964. The van der Waals surface area contributed by atoms with Crippen LogP contribution in [0.15, 0.2) is 42.5 Å². The largest absolute Gasteiger partial charge is 0.465 e. The molecule has 0 fully saturated rings. The lowest BCUT2D eigenvalue weighted by Gasteiger charge is -2.11. The summed E-state index contributed by atoms with van der Waals surface area (Å²) in [5, 5.41) is 5.55. The summed E-state index contributed by atoms with van der Waals surface area (Å²) in [6.07, 6.45) is 0.371. The van der Waals surface area contributed by atoms with Crippen molar-refractivity contribution >= 4 is 29.2 Å². The van der Waals surface area contributed by atoms with Crippen molar-refractivity contribution in [1.82, 2.24) is 0 Å². The summed E-state index contributed by atoms with van der Waals surface area (Å²) >= 11 is 0. The van der Waals surface area contributed by atoms with Gasteiger partial charge in [0.15, 0.2) is 0 Å². The van der Waals surface area contributed by atoms with Gasteiger partial charge in [0.05, 0.1) is 12.7 Å². The molecule has 0 saturated carbocycles. The number of carbonyl (C=O) groups is 3. The fourth-order valence-corrected chi connectivity index (χ4v) is 2.18. The highest BCUT2D eigenvalue weighted by Crippen LogP contribution is 2.21. The van der Waals surface area contributed by atoms with Crippen molar-refractivity contribution < 1.29 is 19.1 Å². The van der Waals surface area contributed by atoms with Crippen LogP contribution in [0, 0.1) is 6.92 Å². The maximum atomic E-state index is 12.4. The van der Waals surface area contributed by atoms with Crippen LogP contribution >= 0.6 is 0 Å². The van der Waals surface area contributed by atoms with Gasteiger partial charge in [0.25, 0.3) is 5.91 Å². The molecule has 0 spiro atoms. The summed E-state index contributed by atoms with van der Waals surface area (Å²) < 4.78 is 4.65. The molecule has 6 heteroatoms. The Labute approximate surface area is 146 Å². The minimum atomic E-state index is -0.505. The van der Waals surface area contributed by atoms with E-state index in [2.05, 4.69) is 15.4 Å². The maximum Gasteiger partial charge on any atom is 0.337 e. The molecule has 0 heterocycles. The number of benzene rings is 2. The molecule has 25 heavy (non-hydrogen) atoms. The first-order valence-corrected chi connectivity index (χ1v) is 7.84. The van der Waals surface area contributed by atoms with Crippen LogP contribution in [0.1, 0.15) is 39.6 Å². The van der Waals surface area contributed by atoms with E-state index < -0.39 is 5.97 Å². The van der Waals surface area contributed by atoms with Crippen molar-refractivity contribution in [1.29, 1.82) is 0 Å². The van der Waals surface area contributed by atoms with Gasteiger partial charge in [-0.15, -0.1) is 0 Å². The van der Waals surface area contributed by atoms with Gasteiger partial charge < -0.3 is 15.4 Å². The van der Waals surface area contributed by atoms with Crippen molar-refractivity contribution in [2.24, 2.45) is 0 Å². The standard InChI is InChI=1S/C19H20N2O4/c1-4-17(22)21-16-11-15(9-8-12(16)2)20-18(23)13-6-5-7-14(10-13)19(24)25-3/h5-11H,4H2,1-3H3,(H,20,23)(H,21,22). The SMILES string of the molecule is CCC(=O)Nc1cc(NC(=O)c2cccc(C(=O)OC)c2)ccc1C. The zero-order valence-electron chi connectivity index (χ0n) is 14.4. The Morgan fingerprint density at radius 2 is 1.72 bits per heavy atom. The van der Waals surface area contributed by atoms with Crippen LogP contribution in [0.2, 0.25) is 0 Å². The summed E-state index contributed by atoms with van der Waals surface area (Å²) in [4.78, 5) is 35.5. The number of ether oxygens (including phenoxy) is 1. The van der Waals surface area contributed by atoms with E-state index in [1.807, 2.05) is 13.0 Å². The fraction of sp³-hybridized carbons (Fsp3) is 0.211. The molecule has 0 saturated heterocycles. The number of anilines is 2. The summed E-state index contributed by atoms with van der Waals surface area (Å²) in [5.41, 5.74) is 2.73. The predicted octanol–water partition coefficient (Wildman–Crippen LogP) is 3.38. The molecule has 2 amide bonds. The maximum absolute atomic E-state index is 12.4. The third-order valence-electron chi connectivity index (χ3n) is 3.64. The van der Waals surface area contributed by atoms with Gasteiger partial charge in [-0.2, -0.15) is 0 Å². The Kier molecular flexibility index (Phi) is 5.89. The van der Waals surface area contributed by atoms with Gasteiger partial charge in [-0.1, -0.05) is 19.1 Å². The second-order valence-corrected chi connectivity index (χ2v) is 5.46. The van der Waals surface area contributed by atoms with Crippen LogP contribution in [-0.4, -0.2) is 24.9 Å². The van der Waals surface area contributed by atoms with E-state index in [4.69, 9.17) is 0 Å². The van der Waals surface area contributed by atoms with Gasteiger partial charge in [-0.05, 0) is 42.8 Å². The Balaban J connectivity index is 2.19. The number of hydrogen-bond acceptors (Lipinski definition) is 4. The molecular weight excluding hydrogens is 320 g/mol. The number of carbonyl (C=O) groups excluding carboxylic acids is 3. The third kappa shape index (κ3) is 4.67. The predicted molar refractivity (Wildman–Crippen MR) is 95.8 cm³/mol. The van der Waals surface area contributed by atoms with Crippen molar-refractivity contribution in [3.63, 3.8) is 0 Å². The lowest BCUT2D eigenvalue weighted by atomic mass is 10.1. The van der Waals surface area contributed by atoms with E-state index in [-0.39, 0.29) is 11.8 Å². The van der Waals surface area contributed by atoms with E-state index in [1.165, 1.54) is 13.2 Å². The van der Waals surface area contributed by atoms with Crippen molar-refractivity contribution in [3.8, 4) is 0 Å². The molecule has 2 aromatic carbocycles. The average molecular weight is 340 g/mol. The van der Waals surface area contributed by atoms with Crippen molar-refractivity contribution in [2.45, 2.75) is 20.3 Å². The number of esters is 1. The number of amides is 2. The highest BCUT2D eigenvalue weighted by Gasteiger charge is 2.12. The Morgan fingerprint density at radius 3 is 2.40 bits per heavy atom. The van der Waals surface area contributed by atoms with Gasteiger partial charge in [0.1, 0.15) is 0 Å². The summed E-state index contributed by atoms with van der Waals surface area (Å²) in [6, 6.07) is 11.5. The van der Waals surface area contributed by atoms with E-state index in [9.17, 15) is 14.4 Å². The number of aryl methyl sites for hydroxylation is 1. The minimum absolute atomic E-state index is 0.0997. The molecule has 0 radical (unpaired) electrons. The molecule has 0 aliphatic carbocycles. The second-order valence-electron chi connectivity index (χ2n) is 5.46. The molecule has 130 valence electrons. The molecule has 0 bridgehead atoms. The molecule has 2 N–H and O–H groups in total. The topological polar surface area (TPSA) is 84.5 Å². The highest BCUT2D eigenvalue weighted by atomic mass is 16.5. The second kappa shape index (κ2) is 8.10. The number of rotatable bonds is 5. The van der Waals surface area contributed by atoms with Gasteiger partial charge in [0, 0.05) is 23.4 Å². The normalized spacial score (nSPS) is 10.0. The zero-order valence-corrected chi connectivity index (χ0v) is 14.4. The van der Waals surface area contributed by atoms with Crippen molar-refractivity contribution in [3.05, 3.63) is 59.2 Å². The Morgan fingerprint density at radius 1 is 1.00 bits per heavy atom. The van der Waals surface area contributed by atoms with E-state index in [1.54, 1.807) is 37.3 Å². The minimum Gasteiger partial charge on any atom is -0.465 e. The lowest BCUT2D eigenvalue weighted by Crippen LogP contribution is -2.14. The van der Waals surface area contributed by atoms with Gasteiger partial charge >= 0.3 is 5.97 Å². The van der Waals surface area contributed by atoms with Crippen LogP contribution in [-0.2, 0) is 9.53 Å². The van der Waals surface area contributed by atoms with Crippen LogP contribution < -0.4 is 10.6 Å². The smallest absolute Gasteiger partial charge is 0.337 e. The average Bonchev–Trinajstić information content (AvgIpc) is 2.63. The quantitative estimate of drug-likeness (QED) is 0.817. The molecular formula is C19H20N2O4. The third-order valence-corrected chi connectivity index (χ3v) is 3.64. The van der Waals surface area contributed by atoms with Gasteiger partial charge in [-0.3, -0.25) is 9.59 Å².